The van der Waals surface area contributed by atoms with Gasteiger partial charge in [0.1, 0.15) is 18.0 Å². The Kier molecular flexibility index (Phi) is 3.33. The monoisotopic (exact) mass is 259 g/mol. The smallest absolute Gasteiger partial charge is 0.351 e. The third-order valence-electron chi connectivity index (χ3n) is 2.83. The summed E-state index contributed by atoms with van der Waals surface area (Å²) in [7, 11) is 0. The quantitative estimate of drug-likeness (QED) is 0.615. The molecule has 2 unspecified atom stereocenters. The van der Waals surface area contributed by atoms with Crippen LogP contribution in [0.2, 0.25) is 0 Å². The molecule has 5 atom stereocenters. The van der Waals surface area contributed by atoms with Crippen molar-refractivity contribution in [3.8, 4) is 0 Å². The molecule has 1 aliphatic rings. The van der Waals surface area contributed by atoms with Crippen molar-refractivity contribution in [2.45, 2.75) is 37.6 Å². The van der Waals surface area contributed by atoms with E-state index in [1.807, 2.05) is 0 Å². The highest BCUT2D eigenvalue weighted by molar-refractivity contribution is 5.23. The Balaban J connectivity index is 2.32. The molecule has 0 bridgehead atoms. The average molecular weight is 259 g/mol. The van der Waals surface area contributed by atoms with Gasteiger partial charge in [0.15, 0.2) is 12.4 Å². The van der Waals surface area contributed by atoms with Crippen molar-refractivity contribution in [3.05, 3.63) is 22.7 Å². The lowest BCUT2D eigenvalue weighted by Gasteiger charge is -2.17. The first-order chi connectivity index (χ1) is 8.41. The number of alkyl halides is 1. The molecular formula is C10H14FN3O4. The molecule has 1 fully saturated rings. The lowest BCUT2D eigenvalue weighted by atomic mass is 10.1. The van der Waals surface area contributed by atoms with Crippen LogP contribution in [0, 0.1) is 0 Å². The summed E-state index contributed by atoms with van der Waals surface area (Å²) in [6.07, 6.45) is -5.55. The number of nitrogens with two attached hydrogens (primary N) is 1. The highest BCUT2D eigenvalue weighted by Gasteiger charge is 2.47. The Morgan fingerprint density at radius 3 is 2.83 bits per heavy atom. The van der Waals surface area contributed by atoms with Crippen molar-refractivity contribution in [1.29, 1.82) is 0 Å². The topological polar surface area (TPSA) is 111 Å². The van der Waals surface area contributed by atoms with Gasteiger partial charge >= 0.3 is 5.69 Å². The molecule has 18 heavy (non-hydrogen) atoms. The molecule has 1 aliphatic heterocycles. The fourth-order valence-corrected chi connectivity index (χ4v) is 1.90. The second kappa shape index (κ2) is 4.63. The van der Waals surface area contributed by atoms with Crippen LogP contribution < -0.4 is 11.4 Å². The lowest BCUT2D eigenvalue weighted by molar-refractivity contribution is -0.0783. The normalized spacial score (nSPS) is 33.6. The molecule has 0 aromatic carbocycles. The van der Waals surface area contributed by atoms with E-state index in [1.165, 1.54) is 19.2 Å². The number of rotatable bonds is 2. The van der Waals surface area contributed by atoms with Gasteiger partial charge in [-0.15, -0.1) is 0 Å². The molecular weight excluding hydrogens is 245 g/mol. The lowest BCUT2D eigenvalue weighted by Crippen LogP contribution is -2.36. The molecule has 1 aromatic rings. The standard InChI is InChI=1S/C10H14FN3O4/c1-4(15)8-7(16)6(11)9(18-8)14-3-2-5(12)13-10(14)17/h2-4,6-9,15-16H,1H3,(H2,12,13,17)/t4?,6?,7-,8-,9-/m1/s1. The third kappa shape index (κ3) is 2.09. The van der Waals surface area contributed by atoms with Crippen molar-refractivity contribution in [1.82, 2.24) is 9.55 Å². The van der Waals surface area contributed by atoms with Gasteiger partial charge in [0.05, 0.1) is 6.10 Å². The van der Waals surface area contributed by atoms with Crippen LogP contribution in [0.25, 0.3) is 0 Å². The zero-order valence-corrected chi connectivity index (χ0v) is 9.60. The molecule has 0 amide bonds. The van der Waals surface area contributed by atoms with Gasteiger partial charge in [-0.2, -0.15) is 4.98 Å². The first kappa shape index (κ1) is 12.9. The SMILES string of the molecule is CC(O)[C@H]1O[C@@H](n2ccc(N)nc2=O)C(F)[C@H]1O. The van der Waals surface area contributed by atoms with Crippen LogP contribution >= 0.6 is 0 Å². The molecule has 7 nitrogen and oxygen atoms in total. The third-order valence-corrected chi connectivity index (χ3v) is 2.83. The van der Waals surface area contributed by atoms with E-state index in [0.29, 0.717) is 0 Å². The Morgan fingerprint density at radius 1 is 1.67 bits per heavy atom. The molecule has 0 aliphatic carbocycles. The number of nitrogen functional groups attached to an aromatic ring is 1. The fraction of sp³-hybridized carbons (Fsp3) is 0.600. The highest BCUT2D eigenvalue weighted by atomic mass is 19.1. The number of halogens is 1. The Labute approximate surface area is 102 Å². The van der Waals surface area contributed by atoms with Crippen molar-refractivity contribution in [2.24, 2.45) is 0 Å². The summed E-state index contributed by atoms with van der Waals surface area (Å²) < 4.78 is 19.9. The zero-order valence-electron chi connectivity index (χ0n) is 9.60. The van der Waals surface area contributed by atoms with Crippen LogP contribution in [-0.2, 0) is 4.74 Å². The fourth-order valence-electron chi connectivity index (χ4n) is 1.90. The molecule has 0 radical (unpaired) electrons. The van der Waals surface area contributed by atoms with Gasteiger partial charge in [0.2, 0.25) is 0 Å². The summed E-state index contributed by atoms with van der Waals surface area (Å²) in [5, 5.41) is 18.9. The number of hydrogen-bond donors (Lipinski definition) is 3. The van der Waals surface area contributed by atoms with Gasteiger partial charge in [-0.1, -0.05) is 0 Å². The Hall–Kier alpha value is -1.51. The molecule has 1 saturated heterocycles. The number of aliphatic hydroxyl groups is 2. The summed E-state index contributed by atoms with van der Waals surface area (Å²) >= 11 is 0. The minimum Gasteiger partial charge on any atom is -0.391 e. The van der Waals surface area contributed by atoms with Gasteiger partial charge in [-0.3, -0.25) is 4.57 Å². The van der Waals surface area contributed by atoms with E-state index in [4.69, 9.17) is 10.5 Å². The van der Waals surface area contributed by atoms with E-state index in [1.54, 1.807) is 0 Å². The van der Waals surface area contributed by atoms with Crippen molar-refractivity contribution in [2.75, 3.05) is 5.73 Å². The van der Waals surface area contributed by atoms with Gasteiger partial charge in [0.25, 0.3) is 0 Å². The average Bonchev–Trinajstić information content (AvgIpc) is 2.57. The molecule has 2 heterocycles. The largest absolute Gasteiger partial charge is 0.391 e. The van der Waals surface area contributed by atoms with Gasteiger partial charge in [0, 0.05) is 6.20 Å². The van der Waals surface area contributed by atoms with Crippen LogP contribution in [0.3, 0.4) is 0 Å². The number of anilines is 1. The van der Waals surface area contributed by atoms with Crippen LogP contribution in [-0.4, -0.2) is 44.2 Å². The first-order valence-electron chi connectivity index (χ1n) is 5.42. The number of hydrogen-bond acceptors (Lipinski definition) is 6. The molecule has 0 saturated carbocycles. The van der Waals surface area contributed by atoms with Gasteiger partial charge in [-0.05, 0) is 13.0 Å². The van der Waals surface area contributed by atoms with E-state index in [2.05, 4.69) is 4.98 Å². The maximum atomic E-state index is 13.9. The van der Waals surface area contributed by atoms with Gasteiger partial charge in [-0.25, -0.2) is 9.18 Å². The van der Waals surface area contributed by atoms with Crippen molar-refractivity contribution in [3.63, 3.8) is 0 Å². The molecule has 4 N–H and O–H groups in total. The minimum absolute atomic E-state index is 0.0114. The minimum atomic E-state index is -1.83. The van der Waals surface area contributed by atoms with E-state index in [9.17, 15) is 19.4 Å². The predicted octanol–water partition coefficient (Wildman–Crippen LogP) is -1.20. The molecule has 2 rings (SSSR count). The van der Waals surface area contributed by atoms with E-state index in [0.717, 1.165) is 4.57 Å². The maximum absolute atomic E-state index is 13.9. The van der Waals surface area contributed by atoms with Crippen molar-refractivity contribution >= 4 is 5.82 Å². The molecule has 100 valence electrons. The van der Waals surface area contributed by atoms with Crippen LogP contribution in [0.4, 0.5) is 10.2 Å². The summed E-state index contributed by atoms with van der Waals surface area (Å²) in [5.74, 6) is 0.0114. The number of aliphatic hydroxyl groups excluding tert-OH is 2. The first-order valence-corrected chi connectivity index (χ1v) is 5.42. The number of ether oxygens (including phenoxy) is 1. The number of aromatic nitrogens is 2. The molecule has 8 heteroatoms. The van der Waals surface area contributed by atoms with E-state index in [-0.39, 0.29) is 5.82 Å². The van der Waals surface area contributed by atoms with Crippen LogP contribution in [0.1, 0.15) is 13.2 Å². The zero-order chi connectivity index (χ0) is 13.4. The van der Waals surface area contributed by atoms with E-state index < -0.39 is 36.4 Å². The molecule has 0 spiro atoms. The second-order valence-corrected chi connectivity index (χ2v) is 4.21. The Bertz CT molecular complexity index is 492. The molecule has 1 aromatic heterocycles. The summed E-state index contributed by atoms with van der Waals surface area (Å²) in [4.78, 5) is 15.0. The summed E-state index contributed by atoms with van der Waals surface area (Å²) in [6, 6.07) is 1.32. The van der Waals surface area contributed by atoms with Crippen LogP contribution in [0.15, 0.2) is 17.1 Å². The van der Waals surface area contributed by atoms with Crippen LogP contribution in [0.5, 0.6) is 0 Å². The highest BCUT2D eigenvalue weighted by Crippen LogP contribution is 2.32. The summed E-state index contributed by atoms with van der Waals surface area (Å²) in [6.45, 7) is 1.37. The van der Waals surface area contributed by atoms with E-state index >= 15 is 0 Å². The van der Waals surface area contributed by atoms with Crippen molar-refractivity contribution < 1.29 is 19.3 Å². The maximum Gasteiger partial charge on any atom is 0.351 e. The number of nitrogens with zero attached hydrogens (tertiary/aromatic N) is 2. The summed E-state index contributed by atoms with van der Waals surface area (Å²) in [5.41, 5.74) is 4.54. The van der Waals surface area contributed by atoms with Gasteiger partial charge < -0.3 is 20.7 Å². The Morgan fingerprint density at radius 2 is 2.33 bits per heavy atom. The second-order valence-electron chi connectivity index (χ2n) is 4.21. The predicted molar refractivity (Wildman–Crippen MR) is 59.4 cm³/mol.